The molecule has 0 radical (unpaired) electrons. The van der Waals surface area contributed by atoms with Gasteiger partial charge in [0.2, 0.25) is 5.91 Å². The van der Waals surface area contributed by atoms with Crippen LogP contribution in [0.1, 0.15) is 11.1 Å². The summed E-state index contributed by atoms with van der Waals surface area (Å²) in [5, 5.41) is 11.2. The Morgan fingerprint density at radius 3 is 2.68 bits per heavy atom. The molecule has 0 fully saturated rings. The number of hydrogen-bond donors (Lipinski definition) is 1. The van der Waals surface area contributed by atoms with E-state index in [1.807, 2.05) is 36.4 Å². The molecule has 1 aliphatic heterocycles. The van der Waals surface area contributed by atoms with Gasteiger partial charge in [-0.3, -0.25) is 9.79 Å². The Balaban J connectivity index is 1.72. The molecule has 6 nitrogen and oxygen atoms in total. The average Bonchev–Trinajstić information content (AvgIpc) is 3.07. The molecule has 2 heterocycles. The van der Waals surface area contributed by atoms with Crippen LogP contribution in [0.25, 0.3) is 16.7 Å². The van der Waals surface area contributed by atoms with Crippen LogP contribution in [-0.2, 0) is 4.79 Å². The summed E-state index contributed by atoms with van der Waals surface area (Å²) in [7, 11) is 0. The van der Waals surface area contributed by atoms with Crippen molar-refractivity contribution in [3.05, 3.63) is 83.7 Å². The topological polar surface area (TPSA) is 72.2 Å². The number of aliphatic imine (C=N–C) groups is 1. The third-order valence-corrected chi connectivity index (χ3v) is 4.64. The van der Waals surface area contributed by atoms with E-state index in [0.29, 0.717) is 22.5 Å². The first kappa shape index (κ1) is 16.3. The zero-order valence-electron chi connectivity index (χ0n) is 14.6. The van der Waals surface area contributed by atoms with Crippen molar-refractivity contribution < 1.29 is 9.18 Å². The summed E-state index contributed by atoms with van der Waals surface area (Å²) >= 11 is 0. The van der Waals surface area contributed by atoms with Crippen molar-refractivity contribution in [3.8, 4) is 5.69 Å². The van der Waals surface area contributed by atoms with Gasteiger partial charge in [-0.05, 0) is 42.5 Å². The molecule has 136 valence electrons. The zero-order chi connectivity index (χ0) is 19.1. The van der Waals surface area contributed by atoms with E-state index in [4.69, 9.17) is 0 Å². The van der Waals surface area contributed by atoms with Crippen LogP contribution in [0.2, 0.25) is 0 Å². The molecule has 0 atom stereocenters. The molecule has 5 rings (SSSR count). The maximum Gasteiger partial charge on any atom is 0.246 e. The van der Waals surface area contributed by atoms with Crippen LogP contribution in [0.15, 0.2) is 71.7 Å². The summed E-state index contributed by atoms with van der Waals surface area (Å²) in [5.41, 5.74) is 4.36. The number of amides is 1. The average molecular weight is 371 g/mol. The van der Waals surface area contributed by atoms with Gasteiger partial charge in [-0.15, -0.1) is 5.10 Å². The molecule has 7 heteroatoms. The van der Waals surface area contributed by atoms with Crippen LogP contribution < -0.4 is 5.32 Å². The minimum absolute atomic E-state index is 0.0695. The summed E-state index contributed by atoms with van der Waals surface area (Å²) in [6.07, 6.45) is 0. The Bertz CT molecular complexity index is 1260. The molecular weight excluding hydrogens is 357 g/mol. The normalized spacial score (nSPS) is 13.6. The zero-order valence-corrected chi connectivity index (χ0v) is 14.6. The highest BCUT2D eigenvalue weighted by molar-refractivity contribution is 6.19. The van der Waals surface area contributed by atoms with E-state index in [0.717, 1.165) is 16.7 Å². The Morgan fingerprint density at radius 2 is 1.79 bits per heavy atom. The minimum atomic E-state index is -0.391. The SMILES string of the molecule is O=C1CN=C(c2ccccc2F)c2cc(-n3nnc4ccccc43)ccc2N1. The largest absolute Gasteiger partial charge is 0.324 e. The van der Waals surface area contributed by atoms with Gasteiger partial charge < -0.3 is 5.32 Å². The van der Waals surface area contributed by atoms with E-state index in [9.17, 15) is 9.18 Å². The maximum absolute atomic E-state index is 14.5. The van der Waals surface area contributed by atoms with Gasteiger partial charge in [-0.2, -0.15) is 0 Å². The molecule has 0 unspecified atom stereocenters. The summed E-state index contributed by atoms with van der Waals surface area (Å²) < 4.78 is 16.2. The third kappa shape index (κ3) is 2.64. The number of hydrogen-bond acceptors (Lipinski definition) is 4. The first-order valence-corrected chi connectivity index (χ1v) is 8.75. The second-order valence-corrected chi connectivity index (χ2v) is 6.41. The van der Waals surface area contributed by atoms with Crippen LogP contribution >= 0.6 is 0 Å². The lowest BCUT2D eigenvalue weighted by molar-refractivity contribution is -0.114. The molecule has 28 heavy (non-hydrogen) atoms. The summed E-state index contributed by atoms with van der Waals surface area (Å²) in [4.78, 5) is 16.4. The van der Waals surface area contributed by atoms with Gasteiger partial charge in [0.15, 0.2) is 0 Å². The number of anilines is 1. The molecule has 0 aliphatic carbocycles. The van der Waals surface area contributed by atoms with Gasteiger partial charge in [-0.25, -0.2) is 9.07 Å². The number of aromatic nitrogens is 3. The van der Waals surface area contributed by atoms with Crippen LogP contribution in [0, 0.1) is 5.82 Å². The molecule has 3 aromatic carbocycles. The van der Waals surface area contributed by atoms with E-state index >= 15 is 0 Å². The van der Waals surface area contributed by atoms with Crippen molar-refractivity contribution >= 4 is 28.3 Å². The molecule has 0 saturated heterocycles. The maximum atomic E-state index is 14.5. The van der Waals surface area contributed by atoms with E-state index in [2.05, 4.69) is 20.6 Å². The van der Waals surface area contributed by atoms with Gasteiger partial charge in [-0.1, -0.05) is 29.5 Å². The highest BCUT2D eigenvalue weighted by Gasteiger charge is 2.21. The Hall–Kier alpha value is -3.87. The first-order chi connectivity index (χ1) is 13.7. The molecule has 1 aliphatic rings. The molecule has 0 saturated carbocycles. The van der Waals surface area contributed by atoms with Crippen LogP contribution in [0.3, 0.4) is 0 Å². The fourth-order valence-electron chi connectivity index (χ4n) is 3.34. The van der Waals surface area contributed by atoms with Crippen molar-refractivity contribution in [1.29, 1.82) is 0 Å². The molecule has 4 aromatic rings. The fraction of sp³-hybridized carbons (Fsp3) is 0.0476. The number of benzodiazepines with no additional fused rings is 1. The van der Waals surface area contributed by atoms with Crippen molar-refractivity contribution in [2.24, 2.45) is 4.99 Å². The first-order valence-electron chi connectivity index (χ1n) is 8.75. The lowest BCUT2D eigenvalue weighted by atomic mass is 9.99. The van der Waals surface area contributed by atoms with Crippen LogP contribution in [0.5, 0.6) is 0 Å². The van der Waals surface area contributed by atoms with E-state index < -0.39 is 5.82 Å². The van der Waals surface area contributed by atoms with Gasteiger partial charge in [0.25, 0.3) is 0 Å². The van der Waals surface area contributed by atoms with Gasteiger partial charge >= 0.3 is 0 Å². The molecule has 1 aromatic heterocycles. The number of nitrogens with one attached hydrogen (secondary N) is 1. The highest BCUT2D eigenvalue weighted by Crippen LogP contribution is 2.27. The van der Waals surface area contributed by atoms with Gasteiger partial charge in [0, 0.05) is 11.1 Å². The van der Waals surface area contributed by atoms with Crippen LogP contribution in [-0.4, -0.2) is 33.2 Å². The Kier molecular flexibility index (Phi) is 3.72. The number of fused-ring (bicyclic) bond motifs is 2. The lowest BCUT2D eigenvalue weighted by Gasteiger charge is -2.13. The van der Waals surface area contributed by atoms with E-state index in [-0.39, 0.29) is 12.5 Å². The van der Waals surface area contributed by atoms with Crippen molar-refractivity contribution in [2.45, 2.75) is 0 Å². The number of carbonyl (C=O) groups excluding carboxylic acids is 1. The predicted molar refractivity (Wildman–Crippen MR) is 104 cm³/mol. The Labute approximate surface area is 159 Å². The summed E-state index contributed by atoms with van der Waals surface area (Å²) in [5.74, 6) is -0.635. The van der Waals surface area contributed by atoms with Crippen molar-refractivity contribution in [3.63, 3.8) is 0 Å². The van der Waals surface area contributed by atoms with Crippen molar-refractivity contribution in [2.75, 3.05) is 11.9 Å². The quantitative estimate of drug-likeness (QED) is 0.587. The van der Waals surface area contributed by atoms with Gasteiger partial charge in [0.1, 0.15) is 17.9 Å². The third-order valence-electron chi connectivity index (χ3n) is 4.64. The molecular formula is C21H14FN5O. The summed E-state index contributed by atoms with van der Waals surface area (Å²) in [6, 6.07) is 19.5. The lowest BCUT2D eigenvalue weighted by Crippen LogP contribution is -2.13. The van der Waals surface area contributed by atoms with Gasteiger partial charge in [0.05, 0.1) is 22.6 Å². The van der Waals surface area contributed by atoms with E-state index in [1.165, 1.54) is 6.07 Å². The van der Waals surface area contributed by atoms with Crippen molar-refractivity contribution in [1.82, 2.24) is 15.0 Å². The second kappa shape index (κ2) is 6.38. The molecule has 0 bridgehead atoms. The minimum Gasteiger partial charge on any atom is -0.324 e. The molecule has 1 N–H and O–H groups in total. The van der Waals surface area contributed by atoms with Crippen LogP contribution in [0.4, 0.5) is 10.1 Å². The predicted octanol–water partition coefficient (Wildman–Crippen LogP) is 3.35. The monoisotopic (exact) mass is 371 g/mol. The summed E-state index contributed by atoms with van der Waals surface area (Å²) in [6.45, 7) is -0.0695. The standard InChI is InChI=1S/C21H14FN5O/c22-16-6-2-1-5-14(16)21-15-11-13(9-10-17(15)24-20(28)12-23-21)27-19-8-4-3-7-18(19)25-26-27/h1-11H,12H2,(H,24,28). The number of nitrogens with zero attached hydrogens (tertiary/aromatic N) is 4. The highest BCUT2D eigenvalue weighted by atomic mass is 19.1. The Morgan fingerprint density at radius 1 is 0.964 bits per heavy atom. The number of halogens is 1. The number of benzene rings is 3. The second-order valence-electron chi connectivity index (χ2n) is 6.41. The number of rotatable bonds is 2. The smallest absolute Gasteiger partial charge is 0.246 e. The number of para-hydroxylation sites is 1. The fourth-order valence-corrected chi connectivity index (χ4v) is 3.34. The number of carbonyl (C=O) groups is 1. The van der Waals surface area contributed by atoms with E-state index in [1.54, 1.807) is 28.9 Å². The molecule has 1 amide bonds. The molecule has 0 spiro atoms.